The van der Waals surface area contributed by atoms with Gasteiger partial charge in [0.2, 0.25) is 0 Å². The summed E-state index contributed by atoms with van der Waals surface area (Å²) in [5, 5.41) is 18.3. The van der Waals surface area contributed by atoms with Crippen LogP contribution < -0.4 is 4.74 Å². The van der Waals surface area contributed by atoms with Gasteiger partial charge in [0.1, 0.15) is 5.75 Å². The van der Waals surface area contributed by atoms with Crippen molar-refractivity contribution in [1.82, 2.24) is 0 Å². The van der Waals surface area contributed by atoms with Crippen molar-refractivity contribution >= 4 is 15.9 Å². The van der Waals surface area contributed by atoms with Crippen LogP contribution in [0.3, 0.4) is 0 Å². The van der Waals surface area contributed by atoms with E-state index < -0.39 is 6.10 Å². The average molecular weight is 317 g/mol. The standard InChI is InChI=1S/C14H21BrO3/c1-11(17)13-7-6-12(15)10-14(13)18-9-5-3-2-4-8-16/h6-7,10-11,16-17H,2-5,8-9H2,1H3/t11-/m1/s1. The number of aliphatic hydroxyl groups excluding tert-OH is 2. The van der Waals surface area contributed by atoms with E-state index >= 15 is 0 Å². The third-order valence-electron chi connectivity index (χ3n) is 2.74. The molecular weight excluding hydrogens is 296 g/mol. The maximum Gasteiger partial charge on any atom is 0.126 e. The molecule has 18 heavy (non-hydrogen) atoms. The van der Waals surface area contributed by atoms with Crippen LogP contribution in [-0.2, 0) is 0 Å². The minimum absolute atomic E-state index is 0.263. The molecule has 0 saturated heterocycles. The molecule has 0 amide bonds. The molecule has 1 aromatic rings. The second-order valence-corrected chi connectivity index (χ2v) is 5.26. The van der Waals surface area contributed by atoms with Crippen LogP contribution in [0.1, 0.15) is 44.3 Å². The summed E-state index contributed by atoms with van der Waals surface area (Å²) < 4.78 is 6.65. The van der Waals surface area contributed by atoms with Crippen molar-refractivity contribution in [3.63, 3.8) is 0 Å². The smallest absolute Gasteiger partial charge is 0.126 e. The molecule has 3 nitrogen and oxygen atoms in total. The van der Waals surface area contributed by atoms with E-state index in [1.807, 2.05) is 18.2 Å². The lowest BCUT2D eigenvalue weighted by Crippen LogP contribution is -2.02. The van der Waals surface area contributed by atoms with Crippen LogP contribution in [0.25, 0.3) is 0 Å². The average Bonchev–Trinajstić information content (AvgIpc) is 2.33. The fraction of sp³-hybridized carbons (Fsp3) is 0.571. The Morgan fingerprint density at radius 3 is 2.61 bits per heavy atom. The molecule has 2 N–H and O–H groups in total. The van der Waals surface area contributed by atoms with E-state index in [2.05, 4.69) is 15.9 Å². The molecule has 1 aromatic carbocycles. The summed E-state index contributed by atoms with van der Waals surface area (Å²) in [4.78, 5) is 0. The van der Waals surface area contributed by atoms with E-state index in [4.69, 9.17) is 9.84 Å². The second-order valence-electron chi connectivity index (χ2n) is 4.34. The lowest BCUT2D eigenvalue weighted by Gasteiger charge is -2.13. The van der Waals surface area contributed by atoms with E-state index in [9.17, 15) is 5.11 Å². The minimum atomic E-state index is -0.525. The molecule has 1 rings (SSSR count). The number of ether oxygens (including phenoxy) is 1. The summed E-state index contributed by atoms with van der Waals surface area (Å²) in [6.07, 6.45) is 3.38. The fourth-order valence-corrected chi connectivity index (χ4v) is 2.07. The molecule has 0 saturated carbocycles. The van der Waals surface area contributed by atoms with Gasteiger partial charge in [0.25, 0.3) is 0 Å². The van der Waals surface area contributed by atoms with Crippen LogP contribution in [0.15, 0.2) is 22.7 Å². The molecule has 0 radical (unpaired) electrons. The SMILES string of the molecule is C[C@@H](O)c1ccc(Br)cc1OCCCCCCO. The Morgan fingerprint density at radius 1 is 1.22 bits per heavy atom. The Hall–Kier alpha value is -0.580. The van der Waals surface area contributed by atoms with Crippen LogP contribution in [-0.4, -0.2) is 23.4 Å². The van der Waals surface area contributed by atoms with Gasteiger partial charge in [-0.3, -0.25) is 0 Å². The number of benzene rings is 1. The highest BCUT2D eigenvalue weighted by atomic mass is 79.9. The van der Waals surface area contributed by atoms with Gasteiger partial charge < -0.3 is 14.9 Å². The van der Waals surface area contributed by atoms with Crippen LogP contribution in [0, 0.1) is 0 Å². The molecule has 4 heteroatoms. The van der Waals surface area contributed by atoms with Gasteiger partial charge in [-0.2, -0.15) is 0 Å². The minimum Gasteiger partial charge on any atom is -0.493 e. The zero-order chi connectivity index (χ0) is 13.4. The highest BCUT2D eigenvalue weighted by molar-refractivity contribution is 9.10. The first-order valence-electron chi connectivity index (χ1n) is 6.36. The second kappa shape index (κ2) is 8.51. The molecule has 0 aliphatic carbocycles. The number of rotatable bonds is 8. The van der Waals surface area contributed by atoms with Crippen molar-refractivity contribution in [2.24, 2.45) is 0 Å². The van der Waals surface area contributed by atoms with Gasteiger partial charge in [-0.15, -0.1) is 0 Å². The maximum atomic E-state index is 9.65. The largest absolute Gasteiger partial charge is 0.493 e. The van der Waals surface area contributed by atoms with Crippen molar-refractivity contribution in [1.29, 1.82) is 0 Å². The van der Waals surface area contributed by atoms with Gasteiger partial charge in [0.05, 0.1) is 12.7 Å². The third-order valence-corrected chi connectivity index (χ3v) is 3.23. The Kier molecular flexibility index (Phi) is 7.32. The quantitative estimate of drug-likeness (QED) is 0.722. The topological polar surface area (TPSA) is 49.7 Å². The molecule has 0 aliphatic heterocycles. The van der Waals surface area contributed by atoms with Gasteiger partial charge in [-0.05, 0) is 38.3 Å². The first-order valence-corrected chi connectivity index (χ1v) is 7.15. The predicted octanol–water partition coefficient (Wildman–Crippen LogP) is 3.43. The Balaban J connectivity index is 2.43. The summed E-state index contributed by atoms with van der Waals surface area (Å²) >= 11 is 3.40. The highest BCUT2D eigenvalue weighted by Gasteiger charge is 2.09. The van der Waals surface area contributed by atoms with Crippen LogP contribution in [0.5, 0.6) is 5.75 Å². The summed E-state index contributed by atoms with van der Waals surface area (Å²) in [6, 6.07) is 5.65. The van der Waals surface area contributed by atoms with Gasteiger partial charge >= 0.3 is 0 Å². The Bertz CT molecular complexity index is 353. The zero-order valence-corrected chi connectivity index (χ0v) is 12.3. The van der Waals surface area contributed by atoms with Crippen molar-refractivity contribution in [2.45, 2.75) is 38.7 Å². The molecule has 0 unspecified atom stereocenters. The molecule has 0 bridgehead atoms. The first-order chi connectivity index (χ1) is 8.65. The van der Waals surface area contributed by atoms with E-state index in [1.165, 1.54) is 0 Å². The van der Waals surface area contributed by atoms with Gasteiger partial charge in [0, 0.05) is 16.6 Å². The van der Waals surface area contributed by atoms with Gasteiger partial charge in [0.15, 0.2) is 0 Å². The number of unbranched alkanes of at least 4 members (excludes halogenated alkanes) is 3. The summed E-state index contributed by atoms with van der Waals surface area (Å²) in [5.41, 5.74) is 0.813. The molecule has 0 fully saturated rings. The first kappa shape index (κ1) is 15.5. The molecule has 1 atom stereocenters. The third kappa shape index (κ3) is 5.38. The molecule has 102 valence electrons. The van der Waals surface area contributed by atoms with E-state index in [0.29, 0.717) is 6.61 Å². The van der Waals surface area contributed by atoms with Crippen LogP contribution >= 0.6 is 15.9 Å². The van der Waals surface area contributed by atoms with E-state index in [-0.39, 0.29) is 6.61 Å². The predicted molar refractivity (Wildman–Crippen MR) is 75.8 cm³/mol. The van der Waals surface area contributed by atoms with Crippen molar-refractivity contribution in [3.05, 3.63) is 28.2 Å². The monoisotopic (exact) mass is 316 g/mol. The number of hydrogen-bond acceptors (Lipinski definition) is 3. The Morgan fingerprint density at radius 2 is 1.94 bits per heavy atom. The number of halogens is 1. The zero-order valence-electron chi connectivity index (χ0n) is 10.7. The molecule has 0 spiro atoms. The lowest BCUT2D eigenvalue weighted by atomic mass is 10.1. The summed E-state index contributed by atoms with van der Waals surface area (Å²) in [6.45, 7) is 2.64. The molecule has 0 aromatic heterocycles. The van der Waals surface area contributed by atoms with Crippen LogP contribution in [0.4, 0.5) is 0 Å². The number of aliphatic hydroxyl groups is 2. The Labute approximate surface area is 117 Å². The van der Waals surface area contributed by atoms with Gasteiger partial charge in [-0.25, -0.2) is 0 Å². The highest BCUT2D eigenvalue weighted by Crippen LogP contribution is 2.28. The number of hydrogen-bond donors (Lipinski definition) is 2. The summed E-state index contributed by atoms with van der Waals surface area (Å²) in [7, 11) is 0. The van der Waals surface area contributed by atoms with E-state index in [1.54, 1.807) is 6.92 Å². The van der Waals surface area contributed by atoms with Crippen molar-refractivity contribution in [2.75, 3.05) is 13.2 Å². The molecular formula is C14H21BrO3. The molecule has 0 heterocycles. The summed E-state index contributed by atoms with van der Waals surface area (Å²) in [5.74, 6) is 0.738. The molecule has 0 aliphatic rings. The van der Waals surface area contributed by atoms with E-state index in [0.717, 1.165) is 41.5 Å². The lowest BCUT2D eigenvalue weighted by molar-refractivity contribution is 0.190. The fourth-order valence-electron chi connectivity index (χ4n) is 1.73. The van der Waals surface area contributed by atoms with Crippen LogP contribution in [0.2, 0.25) is 0 Å². The van der Waals surface area contributed by atoms with Gasteiger partial charge in [-0.1, -0.05) is 28.4 Å². The van der Waals surface area contributed by atoms with Crippen molar-refractivity contribution in [3.8, 4) is 5.75 Å². The maximum absolute atomic E-state index is 9.65. The normalized spacial score (nSPS) is 12.4. The van der Waals surface area contributed by atoms with Crippen molar-refractivity contribution < 1.29 is 14.9 Å².